The van der Waals surface area contributed by atoms with Crippen molar-refractivity contribution in [3.63, 3.8) is 0 Å². The van der Waals surface area contributed by atoms with Gasteiger partial charge in [0.15, 0.2) is 0 Å². The SMILES string of the molecule is COc1nc(Cl)ccc1N1CCN(C(=O)O)CC1. The fourth-order valence-corrected chi connectivity index (χ4v) is 2.08. The molecule has 18 heavy (non-hydrogen) atoms. The van der Waals surface area contributed by atoms with Gasteiger partial charge < -0.3 is 19.6 Å². The fraction of sp³-hybridized carbons (Fsp3) is 0.455. The highest BCUT2D eigenvalue weighted by Gasteiger charge is 2.22. The highest BCUT2D eigenvalue weighted by Crippen LogP contribution is 2.28. The normalized spacial score (nSPS) is 15.7. The highest BCUT2D eigenvalue weighted by molar-refractivity contribution is 6.29. The van der Waals surface area contributed by atoms with Crippen molar-refractivity contribution < 1.29 is 14.6 Å². The number of carboxylic acid groups (broad SMARTS) is 1. The molecule has 1 N–H and O–H groups in total. The second kappa shape index (κ2) is 5.30. The first-order chi connectivity index (χ1) is 8.61. The smallest absolute Gasteiger partial charge is 0.407 e. The van der Waals surface area contributed by atoms with Gasteiger partial charge in [0.1, 0.15) is 10.8 Å². The molecule has 1 fully saturated rings. The van der Waals surface area contributed by atoms with Gasteiger partial charge >= 0.3 is 6.09 Å². The second-order valence-corrected chi connectivity index (χ2v) is 4.31. The first-order valence-electron chi connectivity index (χ1n) is 5.55. The monoisotopic (exact) mass is 271 g/mol. The van der Waals surface area contributed by atoms with Crippen molar-refractivity contribution in [1.82, 2.24) is 9.88 Å². The van der Waals surface area contributed by atoms with E-state index in [1.165, 1.54) is 12.0 Å². The number of halogens is 1. The Morgan fingerprint density at radius 1 is 1.39 bits per heavy atom. The number of hydrogen-bond donors (Lipinski definition) is 1. The van der Waals surface area contributed by atoms with Gasteiger partial charge in [0.2, 0.25) is 5.88 Å². The van der Waals surface area contributed by atoms with E-state index in [2.05, 4.69) is 4.98 Å². The molecular weight excluding hydrogens is 258 g/mol. The lowest BCUT2D eigenvalue weighted by molar-refractivity contribution is 0.142. The minimum absolute atomic E-state index is 0.375. The summed E-state index contributed by atoms with van der Waals surface area (Å²) in [5.41, 5.74) is 0.840. The Labute approximate surface area is 110 Å². The number of nitrogens with zero attached hydrogens (tertiary/aromatic N) is 3. The van der Waals surface area contributed by atoms with Crippen molar-refractivity contribution >= 4 is 23.4 Å². The van der Waals surface area contributed by atoms with Crippen molar-refractivity contribution in [3.05, 3.63) is 17.3 Å². The number of rotatable bonds is 2. The second-order valence-electron chi connectivity index (χ2n) is 3.92. The maximum Gasteiger partial charge on any atom is 0.407 e. The molecule has 0 spiro atoms. The Hall–Kier alpha value is -1.69. The van der Waals surface area contributed by atoms with Crippen LogP contribution in [0.1, 0.15) is 0 Å². The molecule has 0 radical (unpaired) electrons. The Kier molecular flexibility index (Phi) is 3.76. The van der Waals surface area contributed by atoms with Gasteiger partial charge in [-0.2, -0.15) is 4.98 Å². The first-order valence-corrected chi connectivity index (χ1v) is 5.93. The fourth-order valence-electron chi connectivity index (χ4n) is 1.94. The number of aromatic nitrogens is 1. The Balaban J connectivity index is 2.12. The van der Waals surface area contributed by atoms with Crippen LogP contribution in [0.15, 0.2) is 12.1 Å². The molecule has 1 aromatic heterocycles. The summed E-state index contributed by atoms with van der Waals surface area (Å²) in [6, 6.07) is 3.54. The summed E-state index contributed by atoms with van der Waals surface area (Å²) in [4.78, 5) is 18.3. The predicted molar refractivity (Wildman–Crippen MR) is 67.6 cm³/mol. The van der Waals surface area contributed by atoms with E-state index in [0.717, 1.165) is 5.69 Å². The third-order valence-electron chi connectivity index (χ3n) is 2.89. The molecule has 1 saturated heterocycles. The average molecular weight is 272 g/mol. The largest absolute Gasteiger partial charge is 0.479 e. The summed E-state index contributed by atoms with van der Waals surface area (Å²) in [6.07, 6.45) is -0.879. The van der Waals surface area contributed by atoms with Gasteiger partial charge in [-0.15, -0.1) is 0 Å². The molecule has 6 nitrogen and oxygen atoms in total. The van der Waals surface area contributed by atoms with Gasteiger partial charge in [0.25, 0.3) is 0 Å². The van der Waals surface area contributed by atoms with Crippen LogP contribution < -0.4 is 9.64 Å². The van der Waals surface area contributed by atoms with E-state index < -0.39 is 6.09 Å². The molecule has 1 aliphatic rings. The summed E-state index contributed by atoms with van der Waals surface area (Å²) in [7, 11) is 1.54. The third-order valence-corrected chi connectivity index (χ3v) is 3.10. The number of amides is 1. The molecule has 0 aromatic carbocycles. The number of anilines is 1. The zero-order valence-corrected chi connectivity index (χ0v) is 10.7. The lowest BCUT2D eigenvalue weighted by Crippen LogP contribution is -2.48. The van der Waals surface area contributed by atoms with Crippen LogP contribution in [0.3, 0.4) is 0 Å². The maximum absolute atomic E-state index is 10.8. The Morgan fingerprint density at radius 3 is 2.61 bits per heavy atom. The van der Waals surface area contributed by atoms with Gasteiger partial charge in [-0.25, -0.2) is 4.79 Å². The van der Waals surface area contributed by atoms with Gasteiger partial charge in [0.05, 0.1) is 7.11 Å². The molecule has 7 heteroatoms. The van der Waals surface area contributed by atoms with Crippen LogP contribution in [-0.4, -0.2) is 54.4 Å². The summed E-state index contributed by atoms with van der Waals surface area (Å²) in [5, 5.41) is 9.26. The minimum atomic E-state index is -0.879. The van der Waals surface area contributed by atoms with Gasteiger partial charge in [-0.3, -0.25) is 0 Å². The summed E-state index contributed by atoms with van der Waals surface area (Å²) < 4.78 is 5.19. The zero-order chi connectivity index (χ0) is 13.1. The summed E-state index contributed by atoms with van der Waals surface area (Å²) in [5.74, 6) is 0.464. The standard InChI is InChI=1S/C11H14ClN3O3/c1-18-10-8(2-3-9(12)13-10)14-4-6-15(7-5-14)11(16)17/h2-3H,4-7H2,1H3,(H,16,17). The van der Waals surface area contributed by atoms with E-state index in [1.807, 2.05) is 11.0 Å². The maximum atomic E-state index is 10.8. The summed E-state index contributed by atoms with van der Waals surface area (Å²) in [6.45, 7) is 2.18. The Morgan fingerprint density at radius 2 is 2.06 bits per heavy atom. The van der Waals surface area contributed by atoms with Gasteiger partial charge in [-0.05, 0) is 12.1 Å². The summed E-state index contributed by atoms with van der Waals surface area (Å²) >= 11 is 5.80. The average Bonchev–Trinajstić information content (AvgIpc) is 2.38. The number of methoxy groups -OCH3 is 1. The van der Waals surface area contributed by atoms with Crippen molar-refractivity contribution in [2.24, 2.45) is 0 Å². The van der Waals surface area contributed by atoms with Crippen LogP contribution in [0, 0.1) is 0 Å². The number of hydrogen-bond acceptors (Lipinski definition) is 4. The molecule has 98 valence electrons. The lowest BCUT2D eigenvalue weighted by Gasteiger charge is -2.34. The number of carbonyl (C=O) groups is 1. The van der Waals surface area contributed by atoms with Crippen molar-refractivity contribution in [1.29, 1.82) is 0 Å². The van der Waals surface area contributed by atoms with Crippen LogP contribution in [0.5, 0.6) is 5.88 Å². The molecule has 1 amide bonds. The van der Waals surface area contributed by atoms with Crippen molar-refractivity contribution in [2.75, 3.05) is 38.2 Å². The van der Waals surface area contributed by atoms with Gasteiger partial charge in [0, 0.05) is 26.2 Å². The van der Waals surface area contributed by atoms with E-state index >= 15 is 0 Å². The van der Waals surface area contributed by atoms with Crippen LogP contribution in [0.2, 0.25) is 5.15 Å². The quantitative estimate of drug-likeness (QED) is 0.827. The number of piperazine rings is 1. The van der Waals surface area contributed by atoms with E-state index in [0.29, 0.717) is 37.2 Å². The lowest BCUT2D eigenvalue weighted by atomic mass is 10.3. The van der Waals surface area contributed by atoms with Crippen LogP contribution in [0.4, 0.5) is 10.5 Å². The van der Waals surface area contributed by atoms with Crippen LogP contribution >= 0.6 is 11.6 Å². The van der Waals surface area contributed by atoms with E-state index in [9.17, 15) is 4.79 Å². The number of pyridine rings is 1. The molecular formula is C11H14ClN3O3. The van der Waals surface area contributed by atoms with Crippen LogP contribution in [-0.2, 0) is 0 Å². The number of ether oxygens (including phenoxy) is 1. The van der Waals surface area contributed by atoms with Crippen molar-refractivity contribution in [2.45, 2.75) is 0 Å². The van der Waals surface area contributed by atoms with Gasteiger partial charge in [-0.1, -0.05) is 11.6 Å². The Bertz CT molecular complexity index is 447. The molecule has 2 heterocycles. The van der Waals surface area contributed by atoms with Crippen LogP contribution in [0.25, 0.3) is 0 Å². The van der Waals surface area contributed by atoms with E-state index in [1.54, 1.807) is 6.07 Å². The molecule has 0 atom stereocenters. The van der Waals surface area contributed by atoms with Crippen molar-refractivity contribution in [3.8, 4) is 5.88 Å². The van der Waals surface area contributed by atoms with E-state index in [4.69, 9.17) is 21.4 Å². The molecule has 0 aliphatic carbocycles. The minimum Gasteiger partial charge on any atom is -0.479 e. The highest BCUT2D eigenvalue weighted by atomic mass is 35.5. The molecule has 2 rings (SSSR count). The molecule has 0 unspecified atom stereocenters. The molecule has 0 saturated carbocycles. The topological polar surface area (TPSA) is 65.9 Å². The third kappa shape index (κ3) is 2.59. The molecule has 1 aliphatic heterocycles. The molecule has 0 bridgehead atoms. The molecule has 1 aromatic rings. The zero-order valence-electron chi connectivity index (χ0n) is 9.97. The van der Waals surface area contributed by atoms with E-state index in [-0.39, 0.29) is 0 Å². The predicted octanol–water partition coefficient (Wildman–Crippen LogP) is 1.54. The first kappa shape index (κ1) is 12.8.